The van der Waals surface area contributed by atoms with E-state index < -0.39 is 16.1 Å². The molecule has 3 heterocycles. The van der Waals surface area contributed by atoms with Gasteiger partial charge in [-0.05, 0) is 143 Å². The summed E-state index contributed by atoms with van der Waals surface area (Å²) in [5, 5.41) is 5.50. The van der Waals surface area contributed by atoms with Gasteiger partial charge in [-0.3, -0.25) is 4.57 Å². The number of rotatable bonds is 10. The molecule has 4 aliphatic carbocycles. The van der Waals surface area contributed by atoms with Crippen LogP contribution in [0.3, 0.4) is 0 Å². The first-order valence-electron chi connectivity index (χ1n) is 25.4. The number of hydrogen-bond acceptors (Lipinski definition) is 4. The third-order valence-electron chi connectivity index (χ3n) is 16.6. The summed E-state index contributed by atoms with van der Waals surface area (Å²) >= 11 is 0. The topological polar surface area (TPSA) is 33.5 Å². The van der Waals surface area contributed by atoms with Crippen LogP contribution >= 0.6 is 0 Å². The molecule has 1 aliphatic heterocycles. The van der Waals surface area contributed by atoms with E-state index in [0.29, 0.717) is 17.8 Å². The molecule has 5 aliphatic rings. The fourth-order valence-corrected chi connectivity index (χ4v) is 17.0. The van der Waals surface area contributed by atoms with E-state index in [4.69, 9.17) is 9.72 Å². The summed E-state index contributed by atoms with van der Waals surface area (Å²) in [6.45, 7) is 20.3. The van der Waals surface area contributed by atoms with Crippen molar-refractivity contribution in [2.75, 3.05) is 16.5 Å². The van der Waals surface area contributed by atoms with E-state index in [1.54, 1.807) is 0 Å². The molecule has 344 valence electrons. The zero-order chi connectivity index (χ0) is 46.7. The highest BCUT2D eigenvalue weighted by Gasteiger charge is 2.58. The number of aromatic nitrogens is 2. The Balaban J connectivity index is 0.948. The zero-order valence-electron chi connectivity index (χ0n) is 41.3. The van der Waals surface area contributed by atoms with Crippen molar-refractivity contribution in [3.8, 4) is 17.3 Å². The highest BCUT2D eigenvalue weighted by Crippen LogP contribution is 2.65. The predicted molar refractivity (Wildman–Crippen MR) is 291 cm³/mol. The molecular weight excluding hydrogens is 861 g/mol. The lowest BCUT2D eigenvalue weighted by molar-refractivity contribution is -0.0418. The smallest absolute Gasteiger partial charge is 0.137 e. The molecule has 0 atom stereocenters. The third-order valence-corrected chi connectivity index (χ3v) is 20.6. The first-order valence-corrected chi connectivity index (χ1v) is 32.4. The Morgan fingerprint density at radius 1 is 0.559 bits per heavy atom. The normalized spacial score (nSPS) is 22.2. The largest absolute Gasteiger partial charge is 0.457 e. The molecule has 0 spiro atoms. The summed E-state index contributed by atoms with van der Waals surface area (Å²) < 4.78 is 9.48. The van der Waals surface area contributed by atoms with Crippen molar-refractivity contribution in [1.29, 1.82) is 0 Å². The molecule has 2 aromatic heterocycles. The Bertz CT molecular complexity index is 3170. The zero-order valence-corrected chi connectivity index (χ0v) is 43.3. The average Bonchev–Trinajstić information content (AvgIpc) is 3.87. The molecule has 0 radical (unpaired) electrons. The lowest BCUT2D eigenvalue weighted by Gasteiger charge is -2.62. The summed E-state index contributed by atoms with van der Waals surface area (Å²) in [5.41, 5.74) is 11.5. The van der Waals surface area contributed by atoms with Crippen molar-refractivity contribution in [2.24, 2.45) is 23.7 Å². The average molecular weight is 927 g/mol. The SMILES string of the molecule is CC(C)c1cc(Oc2ccc3c4ccccc4n(-c4cc(C5(c6ccccc6)C6CC7CC(C6)CC5C7)ccn4)c3c2)cc(N2CN(c3c([Si](C)(C)C)cccc3[Si](C)(C)C)c3ccccc32)c1. The summed E-state index contributed by atoms with van der Waals surface area (Å²) in [7, 11) is -3.42. The van der Waals surface area contributed by atoms with Crippen LogP contribution in [0.2, 0.25) is 39.3 Å². The molecule has 4 fully saturated rings. The van der Waals surface area contributed by atoms with Crippen LogP contribution in [0.5, 0.6) is 11.5 Å². The number of pyridine rings is 1. The van der Waals surface area contributed by atoms with Gasteiger partial charge in [0.25, 0.3) is 0 Å². The van der Waals surface area contributed by atoms with Gasteiger partial charge in [0.2, 0.25) is 0 Å². The van der Waals surface area contributed by atoms with Gasteiger partial charge in [-0.15, -0.1) is 0 Å². The molecule has 8 aromatic rings. The molecule has 0 N–H and O–H groups in total. The van der Waals surface area contributed by atoms with E-state index in [2.05, 4.69) is 219 Å². The molecule has 0 amide bonds. The lowest BCUT2D eigenvalue weighted by Crippen LogP contribution is -2.56. The molecule has 4 saturated carbocycles. The van der Waals surface area contributed by atoms with Crippen LogP contribution in [0.4, 0.5) is 22.7 Å². The van der Waals surface area contributed by atoms with Crippen LogP contribution in [0.25, 0.3) is 27.6 Å². The number of nitrogens with zero attached hydrogens (tertiary/aromatic N) is 4. The highest BCUT2D eigenvalue weighted by molar-refractivity contribution is 6.93. The second-order valence-electron chi connectivity index (χ2n) is 23.2. The summed E-state index contributed by atoms with van der Waals surface area (Å²) in [6, 6.07) is 54.9. The van der Waals surface area contributed by atoms with Gasteiger partial charge in [0, 0.05) is 45.9 Å². The number of para-hydroxylation sites is 4. The molecule has 0 saturated heterocycles. The standard InChI is InChI=1S/C61H66N4OSi2/c1-40(2)43-34-48(63-39-64(55-22-15-14-21-54(55)63)60-57(67(3,4)5)23-16-24-58(60)68(6,7)8)37-50(35-43)66-49-25-26-52-51-19-12-13-20-53(51)65(56(52)38-49)59-36-45(27-28-62-59)61(44-17-10-9-11-18-44)46-30-41-29-42(32-46)33-47(61)31-41/h9-28,34-38,40-42,46-47H,29-33,39H2,1-8H3. The Morgan fingerprint density at radius 3 is 1.87 bits per heavy atom. The van der Waals surface area contributed by atoms with Crippen LogP contribution in [0.1, 0.15) is 68.6 Å². The maximum Gasteiger partial charge on any atom is 0.137 e. The van der Waals surface area contributed by atoms with Crippen LogP contribution in [-0.4, -0.2) is 32.4 Å². The molecular formula is C61H66N4OSi2. The van der Waals surface area contributed by atoms with Gasteiger partial charge in [0.05, 0.1) is 38.6 Å². The Kier molecular flexibility index (Phi) is 10.3. The lowest BCUT2D eigenvalue weighted by atomic mass is 9.42. The van der Waals surface area contributed by atoms with Gasteiger partial charge in [0.1, 0.15) is 24.0 Å². The van der Waals surface area contributed by atoms with Crippen molar-refractivity contribution < 1.29 is 4.74 Å². The van der Waals surface area contributed by atoms with Crippen molar-refractivity contribution in [3.05, 3.63) is 168 Å². The monoisotopic (exact) mass is 926 g/mol. The second kappa shape index (κ2) is 16.1. The van der Waals surface area contributed by atoms with E-state index in [-0.39, 0.29) is 5.41 Å². The van der Waals surface area contributed by atoms with Crippen molar-refractivity contribution >= 4 is 71.1 Å². The number of anilines is 4. The first-order chi connectivity index (χ1) is 32.8. The number of hydrogen-bond donors (Lipinski definition) is 0. The molecule has 0 unspecified atom stereocenters. The number of fused-ring (bicyclic) bond motifs is 4. The molecule has 4 bridgehead atoms. The molecule has 7 heteroatoms. The van der Waals surface area contributed by atoms with Crippen LogP contribution in [-0.2, 0) is 5.41 Å². The number of ether oxygens (including phenoxy) is 1. The first kappa shape index (κ1) is 43.4. The van der Waals surface area contributed by atoms with Crippen molar-refractivity contribution in [3.63, 3.8) is 0 Å². The Hall–Kier alpha value is -5.90. The quantitative estimate of drug-likeness (QED) is 0.128. The van der Waals surface area contributed by atoms with E-state index in [1.165, 1.54) is 87.0 Å². The van der Waals surface area contributed by atoms with E-state index >= 15 is 0 Å². The highest BCUT2D eigenvalue weighted by atomic mass is 28.3. The van der Waals surface area contributed by atoms with Crippen molar-refractivity contribution in [2.45, 2.75) is 96.6 Å². The van der Waals surface area contributed by atoms with Gasteiger partial charge in [-0.25, -0.2) is 4.98 Å². The fraction of sp³-hybridized carbons (Fsp3) is 0.328. The Morgan fingerprint density at radius 2 is 1.19 bits per heavy atom. The van der Waals surface area contributed by atoms with Gasteiger partial charge < -0.3 is 14.5 Å². The molecule has 6 aromatic carbocycles. The minimum atomic E-state index is -1.71. The van der Waals surface area contributed by atoms with Gasteiger partial charge in [0.15, 0.2) is 0 Å². The van der Waals surface area contributed by atoms with Crippen molar-refractivity contribution in [1.82, 2.24) is 9.55 Å². The minimum Gasteiger partial charge on any atom is -0.457 e. The number of benzene rings is 6. The van der Waals surface area contributed by atoms with Gasteiger partial charge >= 0.3 is 0 Å². The minimum absolute atomic E-state index is 0.000259. The van der Waals surface area contributed by atoms with Crippen LogP contribution in [0.15, 0.2) is 152 Å². The van der Waals surface area contributed by atoms with Gasteiger partial charge in [-0.2, -0.15) is 0 Å². The van der Waals surface area contributed by atoms with Crippen LogP contribution < -0.4 is 24.9 Å². The van der Waals surface area contributed by atoms with E-state index in [0.717, 1.165) is 52.5 Å². The van der Waals surface area contributed by atoms with E-state index in [1.807, 2.05) is 0 Å². The maximum absolute atomic E-state index is 7.09. The molecule has 13 rings (SSSR count). The third kappa shape index (κ3) is 7.01. The summed E-state index contributed by atoms with van der Waals surface area (Å²) in [4.78, 5) is 10.4. The fourth-order valence-electron chi connectivity index (χ4n) is 13.8. The maximum atomic E-state index is 7.09. The van der Waals surface area contributed by atoms with Gasteiger partial charge in [-0.1, -0.05) is 132 Å². The Labute approximate surface area is 405 Å². The molecule has 68 heavy (non-hydrogen) atoms. The summed E-state index contributed by atoms with van der Waals surface area (Å²) in [6.07, 6.45) is 8.88. The van der Waals surface area contributed by atoms with E-state index in [9.17, 15) is 0 Å². The van der Waals surface area contributed by atoms with Crippen LogP contribution in [0, 0.1) is 23.7 Å². The summed E-state index contributed by atoms with van der Waals surface area (Å²) in [5.74, 6) is 6.02. The molecule has 5 nitrogen and oxygen atoms in total. The second-order valence-corrected chi connectivity index (χ2v) is 33.3. The predicted octanol–water partition coefficient (Wildman–Crippen LogP) is 15.2.